The molecule has 10 nitrogen and oxygen atoms in total. The minimum absolute atomic E-state index is 0.0357. The largest absolute Gasteiger partial charge is 0.507 e. The first kappa shape index (κ1) is 20.9. The number of hydrogen-bond donors (Lipinski definition) is 2. The van der Waals surface area contributed by atoms with Crippen LogP contribution in [0.3, 0.4) is 0 Å². The SMILES string of the molecule is Cc1cc(NC(=O)c2ccc(-c3ccccc3[N+](=O)[O-])o2)cc(-c2nc3ncccc3o2)c1O. The number of phenolic OH excluding ortho intramolecular Hbond substituents is 1. The fraction of sp³-hybridized carbons (Fsp3) is 0.0417. The number of aryl methyl sites for hydroxylation is 1. The highest BCUT2D eigenvalue weighted by Crippen LogP contribution is 2.36. The number of carbonyl (C=O) groups excluding carboxylic acids is 1. The van der Waals surface area contributed by atoms with E-state index in [2.05, 4.69) is 15.3 Å². The molecule has 34 heavy (non-hydrogen) atoms. The van der Waals surface area contributed by atoms with Gasteiger partial charge in [-0.1, -0.05) is 12.1 Å². The maximum absolute atomic E-state index is 12.8. The van der Waals surface area contributed by atoms with Crippen molar-refractivity contribution in [1.29, 1.82) is 0 Å². The van der Waals surface area contributed by atoms with E-state index in [0.29, 0.717) is 22.5 Å². The third-order valence-corrected chi connectivity index (χ3v) is 5.15. The highest BCUT2D eigenvalue weighted by atomic mass is 16.6. The molecule has 2 N–H and O–H groups in total. The molecule has 0 radical (unpaired) electrons. The normalized spacial score (nSPS) is 11.0. The molecule has 5 rings (SSSR count). The molecule has 3 heterocycles. The van der Waals surface area contributed by atoms with Crippen molar-refractivity contribution in [1.82, 2.24) is 9.97 Å². The Morgan fingerprint density at radius 2 is 1.88 bits per heavy atom. The van der Waals surface area contributed by atoms with Crippen LogP contribution in [0.2, 0.25) is 0 Å². The lowest BCUT2D eigenvalue weighted by atomic mass is 10.1. The zero-order chi connectivity index (χ0) is 23.8. The molecule has 0 saturated heterocycles. The summed E-state index contributed by atoms with van der Waals surface area (Å²) in [5, 5.41) is 24.5. The van der Waals surface area contributed by atoms with E-state index >= 15 is 0 Å². The molecule has 1 amide bonds. The van der Waals surface area contributed by atoms with Crippen molar-refractivity contribution < 1.29 is 23.7 Å². The van der Waals surface area contributed by atoms with Crippen molar-refractivity contribution in [2.45, 2.75) is 6.92 Å². The van der Waals surface area contributed by atoms with Crippen LogP contribution in [0.4, 0.5) is 11.4 Å². The average molecular weight is 456 g/mol. The number of nitro groups is 1. The third-order valence-electron chi connectivity index (χ3n) is 5.15. The highest BCUT2D eigenvalue weighted by molar-refractivity contribution is 6.03. The van der Waals surface area contributed by atoms with Crippen molar-refractivity contribution in [3.8, 4) is 28.5 Å². The number of nitrogens with one attached hydrogen (secondary N) is 1. The van der Waals surface area contributed by atoms with Gasteiger partial charge in [0.05, 0.1) is 16.1 Å². The van der Waals surface area contributed by atoms with Crippen molar-refractivity contribution in [2.24, 2.45) is 0 Å². The van der Waals surface area contributed by atoms with Crippen LogP contribution < -0.4 is 5.32 Å². The fourth-order valence-electron chi connectivity index (χ4n) is 3.54. The number of furan rings is 1. The van der Waals surface area contributed by atoms with Crippen LogP contribution in [0.25, 0.3) is 34.0 Å². The molecule has 0 aliphatic carbocycles. The number of aromatic hydroxyl groups is 1. The fourth-order valence-corrected chi connectivity index (χ4v) is 3.54. The summed E-state index contributed by atoms with van der Waals surface area (Å²) in [6, 6.07) is 15.6. The van der Waals surface area contributed by atoms with Crippen molar-refractivity contribution in [2.75, 3.05) is 5.32 Å². The van der Waals surface area contributed by atoms with Crippen LogP contribution in [0.1, 0.15) is 16.1 Å². The Bertz CT molecular complexity index is 1540. The zero-order valence-electron chi connectivity index (χ0n) is 17.7. The van der Waals surface area contributed by atoms with E-state index in [4.69, 9.17) is 8.83 Å². The summed E-state index contributed by atoms with van der Waals surface area (Å²) >= 11 is 0. The van der Waals surface area contributed by atoms with E-state index in [1.54, 1.807) is 49.5 Å². The molecule has 0 atom stereocenters. The Labute approximate surface area is 191 Å². The van der Waals surface area contributed by atoms with Gasteiger partial charge >= 0.3 is 0 Å². The minimum atomic E-state index is -0.569. The van der Waals surface area contributed by atoms with E-state index in [-0.39, 0.29) is 40.0 Å². The lowest BCUT2D eigenvalue weighted by molar-refractivity contribution is -0.384. The predicted octanol–water partition coefficient (Wildman–Crippen LogP) is 5.32. The number of carbonyl (C=O) groups is 1. The quantitative estimate of drug-likeness (QED) is 0.205. The van der Waals surface area contributed by atoms with Gasteiger partial charge in [-0.15, -0.1) is 0 Å². The van der Waals surface area contributed by atoms with Gasteiger partial charge in [-0.3, -0.25) is 14.9 Å². The van der Waals surface area contributed by atoms with Gasteiger partial charge in [0.25, 0.3) is 11.6 Å². The number of nitrogens with zero attached hydrogens (tertiary/aromatic N) is 3. The van der Waals surface area contributed by atoms with Crippen molar-refractivity contribution in [3.05, 3.63) is 88.3 Å². The van der Waals surface area contributed by atoms with E-state index in [9.17, 15) is 20.0 Å². The van der Waals surface area contributed by atoms with E-state index in [1.165, 1.54) is 24.3 Å². The third kappa shape index (κ3) is 3.73. The first-order valence-electron chi connectivity index (χ1n) is 10.1. The van der Waals surface area contributed by atoms with Crippen LogP contribution >= 0.6 is 0 Å². The van der Waals surface area contributed by atoms with Crippen LogP contribution in [-0.4, -0.2) is 25.9 Å². The number of oxazole rings is 1. The lowest BCUT2D eigenvalue weighted by Gasteiger charge is -2.09. The number of hydrogen-bond acceptors (Lipinski definition) is 8. The topological polar surface area (TPSA) is 145 Å². The summed E-state index contributed by atoms with van der Waals surface area (Å²) in [6.07, 6.45) is 1.58. The van der Waals surface area contributed by atoms with Crippen LogP contribution in [0.15, 0.2) is 75.7 Å². The van der Waals surface area contributed by atoms with Gasteiger partial charge in [0, 0.05) is 18.0 Å². The van der Waals surface area contributed by atoms with Gasteiger partial charge in [0.1, 0.15) is 11.5 Å². The van der Waals surface area contributed by atoms with E-state index in [1.807, 2.05) is 0 Å². The number of rotatable bonds is 5. The summed E-state index contributed by atoms with van der Waals surface area (Å²) in [5.74, 6) is -0.297. The molecule has 0 bridgehead atoms. The monoisotopic (exact) mass is 456 g/mol. The second-order valence-electron chi connectivity index (χ2n) is 7.43. The van der Waals surface area contributed by atoms with Crippen LogP contribution in [-0.2, 0) is 0 Å². The number of amides is 1. The molecule has 0 unspecified atom stereocenters. The molecule has 3 aromatic heterocycles. The minimum Gasteiger partial charge on any atom is -0.507 e. The summed E-state index contributed by atoms with van der Waals surface area (Å²) < 4.78 is 11.3. The molecule has 0 fully saturated rings. The van der Waals surface area contributed by atoms with Crippen LogP contribution in [0.5, 0.6) is 5.75 Å². The predicted molar refractivity (Wildman–Crippen MR) is 122 cm³/mol. The molecule has 2 aromatic carbocycles. The zero-order valence-corrected chi connectivity index (χ0v) is 17.7. The van der Waals surface area contributed by atoms with E-state index in [0.717, 1.165) is 0 Å². The van der Waals surface area contributed by atoms with Crippen molar-refractivity contribution >= 4 is 28.5 Å². The van der Waals surface area contributed by atoms with Gasteiger partial charge < -0.3 is 19.3 Å². The Hall–Kier alpha value is -4.99. The Morgan fingerprint density at radius 1 is 1.06 bits per heavy atom. The maximum atomic E-state index is 12.8. The Balaban J connectivity index is 1.44. The first-order valence-corrected chi connectivity index (χ1v) is 10.1. The van der Waals surface area contributed by atoms with Crippen LogP contribution in [0, 0.1) is 17.0 Å². The highest BCUT2D eigenvalue weighted by Gasteiger charge is 2.21. The van der Waals surface area contributed by atoms with Gasteiger partial charge in [0.15, 0.2) is 17.0 Å². The first-order chi connectivity index (χ1) is 16.4. The van der Waals surface area contributed by atoms with Gasteiger partial charge in [-0.05, 0) is 55.0 Å². The summed E-state index contributed by atoms with van der Waals surface area (Å²) in [7, 11) is 0. The van der Waals surface area contributed by atoms with Crippen molar-refractivity contribution in [3.63, 3.8) is 0 Å². The number of para-hydroxylation sites is 1. The molecule has 168 valence electrons. The Morgan fingerprint density at radius 3 is 2.68 bits per heavy atom. The number of benzene rings is 2. The molecule has 0 aliphatic heterocycles. The molecular weight excluding hydrogens is 440 g/mol. The molecule has 5 aromatic rings. The van der Waals surface area contributed by atoms with Gasteiger partial charge in [0.2, 0.25) is 5.89 Å². The molecule has 0 aliphatic rings. The number of fused-ring (bicyclic) bond motifs is 1. The summed E-state index contributed by atoms with van der Waals surface area (Å²) in [6.45, 7) is 1.68. The van der Waals surface area contributed by atoms with Gasteiger partial charge in [-0.25, -0.2) is 4.98 Å². The van der Waals surface area contributed by atoms with E-state index < -0.39 is 10.8 Å². The Kier molecular flexibility index (Phi) is 5.02. The number of aromatic nitrogens is 2. The maximum Gasteiger partial charge on any atom is 0.291 e. The number of pyridine rings is 1. The standard InChI is InChI=1S/C24H16N4O6/c1-13-11-14(12-16(21(13)29)24-27-22-19(34-24)7-4-10-25-22)26-23(30)20-9-8-18(33-20)15-5-2-3-6-17(15)28(31)32/h2-12,29H,1H3,(H,26,30). The molecular formula is C24H16N4O6. The average Bonchev–Trinajstić information content (AvgIpc) is 3.48. The summed E-state index contributed by atoms with van der Waals surface area (Å²) in [5.41, 5.74) is 2.13. The number of anilines is 1. The number of phenols is 1. The number of nitro benzene ring substituents is 1. The lowest BCUT2D eigenvalue weighted by Crippen LogP contribution is -2.11. The smallest absolute Gasteiger partial charge is 0.291 e. The molecule has 0 saturated carbocycles. The molecule has 10 heteroatoms. The second-order valence-corrected chi connectivity index (χ2v) is 7.43. The second kappa shape index (κ2) is 8.17. The summed E-state index contributed by atoms with van der Waals surface area (Å²) in [4.78, 5) is 32.0. The molecule has 0 spiro atoms. The van der Waals surface area contributed by atoms with Gasteiger partial charge in [-0.2, -0.15) is 4.98 Å².